The number of amides is 1. The molecule has 0 heterocycles. The number of nitrogens with one attached hydrogen (secondary N) is 1. The Morgan fingerprint density at radius 2 is 2.45 bits per heavy atom. The lowest BCUT2D eigenvalue weighted by atomic mass is 10.6. The van der Waals surface area contributed by atoms with Crippen molar-refractivity contribution in [3.8, 4) is 0 Å². The fraction of sp³-hybridized carbons (Fsp3) is 0.571. The zero-order chi connectivity index (χ0) is 8.53. The van der Waals surface area contributed by atoms with Crippen LogP contribution in [0.3, 0.4) is 0 Å². The molecule has 0 aromatic carbocycles. The zero-order valence-corrected chi connectivity index (χ0v) is 7.19. The summed E-state index contributed by atoms with van der Waals surface area (Å²) in [4.78, 5) is 10.8. The van der Waals surface area contributed by atoms with Gasteiger partial charge in [-0.05, 0) is 0 Å². The van der Waals surface area contributed by atoms with Crippen LogP contribution in [-0.2, 0) is 4.79 Å². The Bertz CT molecular complexity index is 128. The maximum Gasteiger partial charge on any atom is 0.230 e. The number of rotatable bonds is 6. The van der Waals surface area contributed by atoms with Gasteiger partial charge < -0.3 is 10.4 Å². The molecule has 0 atom stereocenters. The van der Waals surface area contributed by atoms with Gasteiger partial charge in [0.1, 0.15) is 0 Å². The van der Waals surface area contributed by atoms with Crippen LogP contribution >= 0.6 is 11.8 Å². The highest BCUT2D eigenvalue weighted by atomic mass is 32.2. The Morgan fingerprint density at radius 1 is 1.73 bits per heavy atom. The minimum absolute atomic E-state index is 0.00212. The molecule has 4 heteroatoms. The van der Waals surface area contributed by atoms with Crippen molar-refractivity contribution in [1.82, 2.24) is 5.32 Å². The molecule has 64 valence electrons. The standard InChI is InChI=1S/C7H13NO2S/c1-2-5-11-6-7(10)8-3-4-9/h2,9H,1,3-6H2,(H,8,10). The van der Waals surface area contributed by atoms with Gasteiger partial charge in [-0.15, -0.1) is 18.3 Å². The first-order valence-corrected chi connectivity index (χ1v) is 4.53. The second-order valence-corrected chi connectivity index (χ2v) is 2.91. The molecule has 0 aromatic rings. The molecule has 0 aliphatic heterocycles. The van der Waals surface area contributed by atoms with Gasteiger partial charge in [0.2, 0.25) is 5.91 Å². The zero-order valence-electron chi connectivity index (χ0n) is 6.38. The Morgan fingerprint density at radius 3 is 3.00 bits per heavy atom. The number of carbonyl (C=O) groups excluding carboxylic acids is 1. The van der Waals surface area contributed by atoms with Crippen LogP contribution in [0.4, 0.5) is 0 Å². The van der Waals surface area contributed by atoms with Gasteiger partial charge in [-0.1, -0.05) is 6.08 Å². The van der Waals surface area contributed by atoms with E-state index in [2.05, 4.69) is 11.9 Å². The predicted octanol–water partition coefficient (Wildman–Crippen LogP) is 0.0141. The SMILES string of the molecule is C=CCSCC(=O)NCCO. The van der Waals surface area contributed by atoms with Crippen molar-refractivity contribution in [3.63, 3.8) is 0 Å². The monoisotopic (exact) mass is 175 g/mol. The van der Waals surface area contributed by atoms with E-state index in [-0.39, 0.29) is 12.5 Å². The molecular formula is C7H13NO2S. The second kappa shape index (κ2) is 7.63. The van der Waals surface area contributed by atoms with E-state index in [1.807, 2.05) is 0 Å². The summed E-state index contributed by atoms with van der Waals surface area (Å²) in [5, 5.41) is 10.9. The van der Waals surface area contributed by atoms with Crippen LogP contribution in [-0.4, -0.2) is 35.7 Å². The Hall–Kier alpha value is -0.480. The maximum absolute atomic E-state index is 10.8. The summed E-state index contributed by atoms with van der Waals surface area (Å²) in [5.41, 5.74) is 0. The van der Waals surface area contributed by atoms with Crippen LogP contribution in [0.5, 0.6) is 0 Å². The van der Waals surface area contributed by atoms with Crippen LogP contribution in [0.1, 0.15) is 0 Å². The van der Waals surface area contributed by atoms with E-state index in [9.17, 15) is 4.79 Å². The number of hydrogen-bond acceptors (Lipinski definition) is 3. The lowest BCUT2D eigenvalue weighted by molar-refractivity contribution is -0.118. The molecule has 0 aliphatic carbocycles. The molecule has 0 aliphatic rings. The van der Waals surface area contributed by atoms with Gasteiger partial charge in [0.05, 0.1) is 12.4 Å². The third kappa shape index (κ3) is 7.42. The largest absolute Gasteiger partial charge is 0.395 e. The normalized spacial score (nSPS) is 9.18. The first kappa shape index (κ1) is 10.5. The molecule has 11 heavy (non-hydrogen) atoms. The fourth-order valence-electron chi connectivity index (χ4n) is 0.481. The first-order valence-electron chi connectivity index (χ1n) is 3.37. The topological polar surface area (TPSA) is 49.3 Å². The molecule has 2 N–H and O–H groups in total. The highest BCUT2D eigenvalue weighted by molar-refractivity contribution is 8.00. The Labute approximate surface area is 70.9 Å². The number of hydrogen-bond donors (Lipinski definition) is 2. The summed E-state index contributed by atoms with van der Waals surface area (Å²) in [6, 6.07) is 0. The van der Waals surface area contributed by atoms with E-state index < -0.39 is 0 Å². The molecule has 0 saturated carbocycles. The highest BCUT2D eigenvalue weighted by Gasteiger charge is 1.97. The Balaban J connectivity index is 3.15. The van der Waals surface area contributed by atoms with Crippen molar-refractivity contribution in [1.29, 1.82) is 0 Å². The molecular weight excluding hydrogens is 162 g/mol. The summed E-state index contributed by atoms with van der Waals surface area (Å²) >= 11 is 1.50. The molecule has 0 spiro atoms. The van der Waals surface area contributed by atoms with E-state index in [0.717, 1.165) is 5.75 Å². The number of aliphatic hydroxyl groups excluding tert-OH is 1. The van der Waals surface area contributed by atoms with E-state index >= 15 is 0 Å². The first-order chi connectivity index (χ1) is 5.31. The summed E-state index contributed by atoms with van der Waals surface area (Å²) < 4.78 is 0. The molecule has 0 bridgehead atoms. The van der Waals surface area contributed by atoms with Crippen molar-refractivity contribution < 1.29 is 9.90 Å². The minimum atomic E-state index is -0.0362. The highest BCUT2D eigenvalue weighted by Crippen LogP contribution is 1.97. The Kier molecular flexibility index (Phi) is 7.29. The van der Waals surface area contributed by atoms with Gasteiger partial charge in [-0.25, -0.2) is 0 Å². The third-order valence-corrected chi connectivity index (χ3v) is 1.84. The lowest BCUT2D eigenvalue weighted by Crippen LogP contribution is -2.27. The molecule has 0 rings (SSSR count). The number of aliphatic hydroxyl groups is 1. The predicted molar refractivity (Wildman–Crippen MR) is 47.6 cm³/mol. The van der Waals surface area contributed by atoms with Crippen molar-refractivity contribution in [2.45, 2.75) is 0 Å². The van der Waals surface area contributed by atoms with Crippen LogP contribution in [0, 0.1) is 0 Å². The van der Waals surface area contributed by atoms with Crippen LogP contribution in [0.2, 0.25) is 0 Å². The fourth-order valence-corrected chi connectivity index (χ4v) is 1.05. The lowest BCUT2D eigenvalue weighted by Gasteiger charge is -2.00. The van der Waals surface area contributed by atoms with E-state index in [4.69, 9.17) is 5.11 Å². The summed E-state index contributed by atoms with van der Waals surface area (Å²) in [7, 11) is 0. The number of thioether (sulfide) groups is 1. The van der Waals surface area contributed by atoms with Gasteiger partial charge >= 0.3 is 0 Å². The van der Waals surface area contributed by atoms with E-state index in [0.29, 0.717) is 12.3 Å². The summed E-state index contributed by atoms with van der Waals surface area (Å²) in [6.45, 7) is 3.87. The third-order valence-electron chi connectivity index (χ3n) is 0.903. The molecule has 0 radical (unpaired) electrons. The van der Waals surface area contributed by atoms with Gasteiger partial charge in [0.25, 0.3) is 0 Å². The van der Waals surface area contributed by atoms with Crippen LogP contribution in [0.25, 0.3) is 0 Å². The smallest absolute Gasteiger partial charge is 0.230 e. The molecule has 1 amide bonds. The van der Waals surface area contributed by atoms with Crippen molar-refractivity contribution >= 4 is 17.7 Å². The van der Waals surface area contributed by atoms with Gasteiger partial charge in [-0.3, -0.25) is 4.79 Å². The van der Waals surface area contributed by atoms with Crippen LogP contribution < -0.4 is 5.32 Å². The van der Waals surface area contributed by atoms with Crippen molar-refractivity contribution in [2.75, 3.05) is 24.7 Å². The molecule has 0 saturated heterocycles. The van der Waals surface area contributed by atoms with Crippen molar-refractivity contribution in [3.05, 3.63) is 12.7 Å². The molecule has 3 nitrogen and oxygen atoms in total. The maximum atomic E-state index is 10.8. The quantitative estimate of drug-likeness (QED) is 0.442. The average Bonchev–Trinajstić information content (AvgIpc) is 2.01. The molecule has 0 aromatic heterocycles. The van der Waals surface area contributed by atoms with Crippen molar-refractivity contribution in [2.24, 2.45) is 0 Å². The summed E-state index contributed by atoms with van der Waals surface area (Å²) in [6.07, 6.45) is 1.75. The van der Waals surface area contributed by atoms with E-state index in [1.165, 1.54) is 11.8 Å². The molecule has 0 fully saturated rings. The van der Waals surface area contributed by atoms with Gasteiger partial charge in [-0.2, -0.15) is 0 Å². The van der Waals surface area contributed by atoms with Crippen LogP contribution in [0.15, 0.2) is 12.7 Å². The summed E-state index contributed by atoms with van der Waals surface area (Å²) in [5.74, 6) is 1.18. The van der Waals surface area contributed by atoms with Gasteiger partial charge in [0, 0.05) is 12.3 Å². The second-order valence-electron chi connectivity index (χ2n) is 1.88. The molecule has 0 unspecified atom stereocenters. The van der Waals surface area contributed by atoms with E-state index in [1.54, 1.807) is 6.08 Å². The minimum Gasteiger partial charge on any atom is -0.395 e. The average molecular weight is 175 g/mol. The van der Waals surface area contributed by atoms with Gasteiger partial charge in [0.15, 0.2) is 0 Å². The number of carbonyl (C=O) groups is 1.